The van der Waals surface area contributed by atoms with Gasteiger partial charge in [-0.3, -0.25) is 24.0 Å². The van der Waals surface area contributed by atoms with Gasteiger partial charge in [0.25, 0.3) is 0 Å². The number of hydrogen-bond acceptors (Lipinski definition) is 8. The summed E-state index contributed by atoms with van der Waals surface area (Å²) < 4.78 is 0. The van der Waals surface area contributed by atoms with Gasteiger partial charge in [0, 0.05) is 6.42 Å². The molecule has 14 heteroatoms. The van der Waals surface area contributed by atoms with Gasteiger partial charge >= 0.3 is 5.97 Å². The second kappa shape index (κ2) is 14.2. The third-order valence-corrected chi connectivity index (χ3v) is 4.38. The van der Waals surface area contributed by atoms with Gasteiger partial charge in [-0.1, -0.05) is 0 Å². The van der Waals surface area contributed by atoms with Crippen LogP contribution in [0, 0.1) is 0 Å². The summed E-state index contributed by atoms with van der Waals surface area (Å²) in [5.41, 5.74) is 15.4. The van der Waals surface area contributed by atoms with E-state index in [9.17, 15) is 33.9 Å². The SMILES string of the molecule is CSCCC(NC(=O)CNC(=O)C(N)CC(N)=O)C(=O)NC(CCC(N)=O)C(=O)O. The highest BCUT2D eigenvalue weighted by atomic mass is 32.2. The molecule has 0 aliphatic heterocycles. The fourth-order valence-electron chi connectivity index (χ4n) is 2.17. The summed E-state index contributed by atoms with van der Waals surface area (Å²) in [4.78, 5) is 69.1. The maximum Gasteiger partial charge on any atom is 0.326 e. The Morgan fingerprint density at radius 2 is 1.57 bits per heavy atom. The van der Waals surface area contributed by atoms with Gasteiger partial charge < -0.3 is 38.3 Å². The number of rotatable bonds is 15. The first kappa shape index (κ1) is 27.1. The second-order valence-electron chi connectivity index (χ2n) is 6.30. The highest BCUT2D eigenvalue weighted by Gasteiger charge is 2.27. The van der Waals surface area contributed by atoms with Gasteiger partial charge in [0.05, 0.1) is 19.0 Å². The highest BCUT2D eigenvalue weighted by molar-refractivity contribution is 7.98. The van der Waals surface area contributed by atoms with E-state index in [-0.39, 0.29) is 19.3 Å². The molecule has 0 aliphatic rings. The molecule has 5 amide bonds. The topological polar surface area (TPSA) is 237 Å². The Hall–Kier alpha value is -2.87. The van der Waals surface area contributed by atoms with E-state index in [1.165, 1.54) is 11.8 Å². The number of hydrogen-bond donors (Lipinski definition) is 7. The number of carboxylic acid groups (broad SMARTS) is 1. The van der Waals surface area contributed by atoms with Crippen molar-refractivity contribution in [2.24, 2.45) is 17.2 Å². The highest BCUT2D eigenvalue weighted by Crippen LogP contribution is 2.04. The maximum atomic E-state index is 12.4. The Kier molecular flexibility index (Phi) is 12.8. The number of carbonyl (C=O) groups excluding carboxylic acids is 5. The molecule has 10 N–H and O–H groups in total. The number of amides is 5. The smallest absolute Gasteiger partial charge is 0.326 e. The Morgan fingerprint density at radius 1 is 0.933 bits per heavy atom. The lowest BCUT2D eigenvalue weighted by Crippen LogP contribution is -2.54. The van der Waals surface area contributed by atoms with E-state index in [1.807, 2.05) is 0 Å². The summed E-state index contributed by atoms with van der Waals surface area (Å²) in [5.74, 6) is -4.62. The summed E-state index contributed by atoms with van der Waals surface area (Å²) in [6, 6.07) is -3.64. The average molecular weight is 449 g/mol. The fourth-order valence-corrected chi connectivity index (χ4v) is 2.65. The molecule has 0 fully saturated rings. The second-order valence-corrected chi connectivity index (χ2v) is 7.29. The largest absolute Gasteiger partial charge is 0.480 e. The first-order valence-corrected chi connectivity index (χ1v) is 10.3. The molecule has 0 saturated carbocycles. The summed E-state index contributed by atoms with van der Waals surface area (Å²) >= 11 is 1.40. The van der Waals surface area contributed by atoms with E-state index >= 15 is 0 Å². The summed E-state index contributed by atoms with van der Waals surface area (Å²) in [6.07, 6.45) is 1.14. The van der Waals surface area contributed by atoms with Crippen LogP contribution < -0.4 is 33.2 Å². The monoisotopic (exact) mass is 448 g/mol. The lowest BCUT2D eigenvalue weighted by molar-refractivity contribution is -0.142. The zero-order valence-electron chi connectivity index (χ0n) is 16.5. The summed E-state index contributed by atoms with van der Waals surface area (Å²) in [5, 5.41) is 16.1. The van der Waals surface area contributed by atoms with Gasteiger partial charge in [-0.2, -0.15) is 11.8 Å². The quantitative estimate of drug-likeness (QED) is 0.131. The minimum absolute atomic E-state index is 0.191. The molecular weight excluding hydrogens is 420 g/mol. The zero-order chi connectivity index (χ0) is 23.3. The van der Waals surface area contributed by atoms with Crippen molar-refractivity contribution in [1.29, 1.82) is 0 Å². The molecule has 0 aromatic heterocycles. The first-order chi connectivity index (χ1) is 14.0. The van der Waals surface area contributed by atoms with Crippen molar-refractivity contribution in [2.75, 3.05) is 18.6 Å². The van der Waals surface area contributed by atoms with E-state index in [4.69, 9.17) is 17.2 Å². The number of aliphatic carboxylic acids is 1. The van der Waals surface area contributed by atoms with Crippen LogP contribution in [0.3, 0.4) is 0 Å². The van der Waals surface area contributed by atoms with E-state index in [0.29, 0.717) is 5.75 Å². The van der Waals surface area contributed by atoms with Gasteiger partial charge in [0.1, 0.15) is 12.1 Å². The first-order valence-electron chi connectivity index (χ1n) is 8.89. The van der Waals surface area contributed by atoms with Crippen molar-refractivity contribution >= 4 is 47.3 Å². The van der Waals surface area contributed by atoms with Crippen LogP contribution in [-0.2, 0) is 28.8 Å². The van der Waals surface area contributed by atoms with Gasteiger partial charge in [0.2, 0.25) is 29.5 Å². The minimum atomic E-state index is -1.36. The van der Waals surface area contributed by atoms with E-state index < -0.39 is 66.6 Å². The van der Waals surface area contributed by atoms with E-state index in [0.717, 1.165) is 0 Å². The Bertz CT molecular complexity index is 660. The molecular formula is C16H28N6O7S. The van der Waals surface area contributed by atoms with Crippen LogP contribution in [0.15, 0.2) is 0 Å². The molecule has 0 saturated heterocycles. The third-order valence-electron chi connectivity index (χ3n) is 3.74. The number of nitrogens with one attached hydrogen (secondary N) is 3. The van der Waals surface area contributed by atoms with Crippen molar-refractivity contribution in [3.63, 3.8) is 0 Å². The molecule has 0 aliphatic carbocycles. The number of carboxylic acids is 1. The Balaban J connectivity index is 4.88. The van der Waals surface area contributed by atoms with Crippen LogP contribution in [0.1, 0.15) is 25.7 Å². The van der Waals surface area contributed by atoms with Crippen molar-refractivity contribution in [3.8, 4) is 0 Å². The van der Waals surface area contributed by atoms with Crippen LogP contribution >= 0.6 is 11.8 Å². The molecule has 0 bridgehead atoms. The summed E-state index contributed by atoms with van der Waals surface area (Å²) in [7, 11) is 0. The van der Waals surface area contributed by atoms with E-state index in [2.05, 4.69) is 16.0 Å². The predicted octanol–water partition coefficient (Wildman–Crippen LogP) is -3.62. The molecule has 3 unspecified atom stereocenters. The molecule has 30 heavy (non-hydrogen) atoms. The molecule has 0 aromatic carbocycles. The van der Waals surface area contributed by atoms with Crippen LogP contribution in [-0.4, -0.2) is 77.3 Å². The Morgan fingerprint density at radius 3 is 2.07 bits per heavy atom. The van der Waals surface area contributed by atoms with Crippen molar-refractivity contribution in [2.45, 2.75) is 43.8 Å². The third kappa shape index (κ3) is 11.9. The number of primary amides is 2. The Labute approximate surface area is 177 Å². The van der Waals surface area contributed by atoms with Crippen molar-refractivity contribution < 1.29 is 33.9 Å². The summed E-state index contributed by atoms with van der Waals surface area (Å²) in [6.45, 7) is -0.515. The zero-order valence-corrected chi connectivity index (χ0v) is 17.3. The average Bonchev–Trinajstić information content (AvgIpc) is 2.65. The molecule has 0 radical (unpaired) electrons. The molecule has 0 rings (SSSR count). The molecule has 3 atom stereocenters. The minimum Gasteiger partial charge on any atom is -0.480 e. The number of carbonyl (C=O) groups is 6. The van der Waals surface area contributed by atoms with Crippen LogP contribution in [0.5, 0.6) is 0 Å². The molecule has 13 nitrogen and oxygen atoms in total. The van der Waals surface area contributed by atoms with Crippen LogP contribution in [0.2, 0.25) is 0 Å². The van der Waals surface area contributed by atoms with Crippen molar-refractivity contribution in [3.05, 3.63) is 0 Å². The lowest BCUT2D eigenvalue weighted by atomic mass is 10.1. The van der Waals surface area contributed by atoms with E-state index in [1.54, 1.807) is 6.26 Å². The fraction of sp³-hybridized carbons (Fsp3) is 0.625. The normalized spacial score (nSPS) is 13.4. The van der Waals surface area contributed by atoms with Gasteiger partial charge in [-0.25, -0.2) is 4.79 Å². The molecule has 170 valence electrons. The maximum absolute atomic E-state index is 12.4. The van der Waals surface area contributed by atoms with Gasteiger partial charge in [-0.05, 0) is 24.9 Å². The molecule has 0 heterocycles. The number of thioether (sulfide) groups is 1. The molecule has 0 aromatic rings. The molecule has 0 spiro atoms. The van der Waals surface area contributed by atoms with Crippen LogP contribution in [0.4, 0.5) is 0 Å². The van der Waals surface area contributed by atoms with Gasteiger partial charge in [0.15, 0.2) is 0 Å². The number of nitrogens with two attached hydrogens (primary N) is 3. The standard InChI is InChI=1S/C16H28N6O7S/c1-30-5-4-9(15(27)22-10(16(28)29)2-3-11(18)23)21-13(25)7-20-14(26)8(17)6-12(19)24/h8-10H,2-7,17H2,1H3,(H2,18,23)(H2,19,24)(H,20,26)(H,21,25)(H,22,27)(H,28,29). The lowest BCUT2D eigenvalue weighted by Gasteiger charge is -2.21. The van der Waals surface area contributed by atoms with Gasteiger partial charge in [-0.15, -0.1) is 0 Å². The predicted molar refractivity (Wildman–Crippen MR) is 108 cm³/mol. The van der Waals surface area contributed by atoms with Crippen LogP contribution in [0.25, 0.3) is 0 Å². The van der Waals surface area contributed by atoms with Crippen molar-refractivity contribution in [1.82, 2.24) is 16.0 Å².